The largest absolute Gasteiger partial charge is 0.381 e. The van der Waals surface area contributed by atoms with Crippen molar-refractivity contribution in [3.05, 3.63) is 22.2 Å². The number of hydrogen-bond acceptors (Lipinski definition) is 6. The molecule has 2 rings (SSSR count). The summed E-state index contributed by atoms with van der Waals surface area (Å²) < 4.78 is 5.25. The summed E-state index contributed by atoms with van der Waals surface area (Å²) in [5.41, 5.74) is 5.32. The number of hydrogen-bond donors (Lipinski definition) is 2. The second-order valence-electron chi connectivity index (χ2n) is 3.97. The van der Waals surface area contributed by atoms with Crippen LogP contribution in [0.15, 0.2) is 12.1 Å². The van der Waals surface area contributed by atoms with Crippen molar-refractivity contribution in [2.75, 3.05) is 30.8 Å². The number of nitrogens with two attached hydrogens (primary N) is 1. The first-order valence-corrected chi connectivity index (χ1v) is 5.39. The highest BCUT2D eigenvalue weighted by molar-refractivity contribution is 5.57. The molecule has 1 atom stereocenters. The van der Waals surface area contributed by atoms with Gasteiger partial charge in [0.05, 0.1) is 11.5 Å². The summed E-state index contributed by atoms with van der Waals surface area (Å²) in [5, 5.41) is 13.6. The Morgan fingerprint density at radius 3 is 3.06 bits per heavy atom. The Hall–Kier alpha value is -1.89. The summed E-state index contributed by atoms with van der Waals surface area (Å²) in [6.07, 6.45) is 1.02. The zero-order valence-corrected chi connectivity index (χ0v) is 9.26. The second-order valence-corrected chi connectivity index (χ2v) is 3.97. The fraction of sp³-hybridized carbons (Fsp3) is 0.500. The predicted molar refractivity (Wildman–Crippen MR) is 62.7 cm³/mol. The molecule has 0 amide bonds. The van der Waals surface area contributed by atoms with Crippen LogP contribution in [-0.2, 0) is 4.74 Å². The first kappa shape index (κ1) is 11.6. The van der Waals surface area contributed by atoms with E-state index in [4.69, 9.17) is 10.5 Å². The van der Waals surface area contributed by atoms with Crippen LogP contribution in [0, 0.1) is 16.0 Å². The Labute approximate surface area is 98.1 Å². The van der Waals surface area contributed by atoms with Gasteiger partial charge in [-0.2, -0.15) is 0 Å². The highest BCUT2D eigenvalue weighted by Gasteiger charge is 2.16. The molecule has 0 bridgehead atoms. The third-order valence-corrected chi connectivity index (χ3v) is 2.69. The summed E-state index contributed by atoms with van der Waals surface area (Å²) in [4.78, 5) is 13.9. The summed E-state index contributed by atoms with van der Waals surface area (Å²) in [6.45, 7) is 2.28. The van der Waals surface area contributed by atoms with Gasteiger partial charge in [0.2, 0.25) is 5.82 Å². The van der Waals surface area contributed by atoms with Gasteiger partial charge >= 0.3 is 5.69 Å². The van der Waals surface area contributed by atoms with Gasteiger partial charge in [0.25, 0.3) is 0 Å². The number of anilines is 2. The molecule has 1 aliphatic heterocycles. The van der Waals surface area contributed by atoms with Gasteiger partial charge in [0.15, 0.2) is 0 Å². The van der Waals surface area contributed by atoms with Crippen LogP contribution in [-0.4, -0.2) is 29.7 Å². The molecule has 1 fully saturated rings. The molecule has 0 radical (unpaired) electrons. The first-order chi connectivity index (χ1) is 8.16. The normalized spacial score (nSPS) is 19.2. The lowest BCUT2D eigenvalue weighted by Crippen LogP contribution is -2.15. The Balaban J connectivity index is 1.97. The van der Waals surface area contributed by atoms with Crippen LogP contribution in [0.4, 0.5) is 17.3 Å². The average molecular weight is 238 g/mol. The minimum absolute atomic E-state index is 0.0670. The topological polar surface area (TPSA) is 103 Å². The maximum Gasteiger partial charge on any atom is 0.311 e. The Kier molecular flexibility index (Phi) is 3.38. The molecular weight excluding hydrogens is 224 g/mol. The molecule has 17 heavy (non-hydrogen) atoms. The number of pyridine rings is 1. The minimum atomic E-state index is -0.545. The lowest BCUT2D eigenvalue weighted by atomic mass is 10.1. The maximum absolute atomic E-state index is 10.5. The van der Waals surface area contributed by atoms with E-state index in [1.807, 2.05) is 0 Å². The van der Waals surface area contributed by atoms with Crippen molar-refractivity contribution in [3.8, 4) is 0 Å². The average Bonchev–Trinajstić information content (AvgIpc) is 2.78. The van der Waals surface area contributed by atoms with Gasteiger partial charge < -0.3 is 15.8 Å². The van der Waals surface area contributed by atoms with Crippen LogP contribution in [0.3, 0.4) is 0 Å². The van der Waals surface area contributed by atoms with Gasteiger partial charge in [-0.05, 0) is 12.5 Å². The Bertz CT molecular complexity index is 418. The quantitative estimate of drug-likeness (QED) is 0.599. The van der Waals surface area contributed by atoms with E-state index in [0.717, 1.165) is 26.2 Å². The summed E-state index contributed by atoms with van der Waals surface area (Å²) >= 11 is 0. The smallest absolute Gasteiger partial charge is 0.311 e. The molecule has 7 heteroatoms. The first-order valence-electron chi connectivity index (χ1n) is 5.39. The van der Waals surface area contributed by atoms with E-state index in [1.165, 1.54) is 6.07 Å². The van der Waals surface area contributed by atoms with E-state index in [-0.39, 0.29) is 11.5 Å². The van der Waals surface area contributed by atoms with Gasteiger partial charge in [-0.15, -0.1) is 0 Å². The number of nitrogens with one attached hydrogen (secondary N) is 1. The van der Waals surface area contributed by atoms with Crippen LogP contribution in [0.1, 0.15) is 6.42 Å². The van der Waals surface area contributed by atoms with Gasteiger partial charge in [-0.25, -0.2) is 4.98 Å². The molecule has 1 aromatic heterocycles. The van der Waals surface area contributed by atoms with Gasteiger partial charge in [-0.1, -0.05) is 0 Å². The van der Waals surface area contributed by atoms with Crippen LogP contribution >= 0.6 is 0 Å². The highest BCUT2D eigenvalue weighted by Crippen LogP contribution is 2.21. The zero-order valence-electron chi connectivity index (χ0n) is 9.26. The van der Waals surface area contributed by atoms with E-state index in [9.17, 15) is 10.1 Å². The number of nitrogens with zero attached hydrogens (tertiary/aromatic N) is 2. The Morgan fingerprint density at radius 1 is 1.65 bits per heavy atom. The van der Waals surface area contributed by atoms with E-state index in [1.54, 1.807) is 6.07 Å². The van der Waals surface area contributed by atoms with E-state index < -0.39 is 4.92 Å². The molecule has 1 aromatic rings. The monoisotopic (exact) mass is 238 g/mol. The molecule has 0 saturated carbocycles. The number of nitrogen functional groups attached to an aromatic ring is 1. The van der Waals surface area contributed by atoms with E-state index in [0.29, 0.717) is 11.7 Å². The Morgan fingerprint density at radius 2 is 2.47 bits per heavy atom. The predicted octanol–water partition coefficient (Wildman–Crippen LogP) is 1.02. The van der Waals surface area contributed by atoms with Crippen LogP contribution < -0.4 is 11.1 Å². The third kappa shape index (κ3) is 2.82. The van der Waals surface area contributed by atoms with Crippen molar-refractivity contribution in [2.45, 2.75) is 6.42 Å². The number of ether oxygens (including phenoxy) is 1. The second kappa shape index (κ2) is 4.96. The highest BCUT2D eigenvalue weighted by atomic mass is 16.6. The van der Waals surface area contributed by atoms with Gasteiger partial charge in [0.1, 0.15) is 5.82 Å². The molecule has 1 aliphatic rings. The molecule has 1 unspecified atom stereocenters. The van der Waals surface area contributed by atoms with Crippen molar-refractivity contribution in [2.24, 2.45) is 5.92 Å². The molecule has 3 N–H and O–H groups in total. The summed E-state index contributed by atoms with van der Waals surface area (Å²) in [5.74, 6) is 0.955. The van der Waals surface area contributed by atoms with E-state index >= 15 is 0 Å². The standard InChI is InChI=1S/C10H14N4O3/c11-10-8(14(15)16)1-2-9(13-10)12-5-7-3-4-17-6-7/h1-2,7H,3-6H2,(H3,11,12,13). The molecular formula is C10H14N4O3. The molecule has 0 aliphatic carbocycles. The molecule has 0 aromatic carbocycles. The van der Waals surface area contributed by atoms with Crippen LogP contribution in [0.25, 0.3) is 0 Å². The van der Waals surface area contributed by atoms with Gasteiger partial charge in [0, 0.05) is 25.1 Å². The molecule has 92 valence electrons. The van der Waals surface area contributed by atoms with Crippen LogP contribution in [0.5, 0.6) is 0 Å². The van der Waals surface area contributed by atoms with E-state index in [2.05, 4.69) is 10.3 Å². The molecule has 7 nitrogen and oxygen atoms in total. The van der Waals surface area contributed by atoms with Gasteiger partial charge in [-0.3, -0.25) is 10.1 Å². The lowest BCUT2D eigenvalue weighted by molar-refractivity contribution is -0.384. The molecule has 0 spiro atoms. The van der Waals surface area contributed by atoms with Crippen molar-refractivity contribution < 1.29 is 9.66 Å². The summed E-state index contributed by atoms with van der Waals surface area (Å²) in [6, 6.07) is 2.92. The maximum atomic E-state index is 10.5. The van der Waals surface area contributed by atoms with Crippen molar-refractivity contribution in [1.29, 1.82) is 0 Å². The fourth-order valence-corrected chi connectivity index (χ4v) is 1.71. The molecule has 1 saturated heterocycles. The van der Waals surface area contributed by atoms with Crippen molar-refractivity contribution >= 4 is 17.3 Å². The number of rotatable bonds is 4. The minimum Gasteiger partial charge on any atom is -0.381 e. The van der Waals surface area contributed by atoms with Crippen molar-refractivity contribution in [3.63, 3.8) is 0 Å². The fourth-order valence-electron chi connectivity index (χ4n) is 1.71. The number of nitro groups is 1. The summed E-state index contributed by atoms with van der Waals surface area (Å²) in [7, 11) is 0. The molecule has 2 heterocycles. The van der Waals surface area contributed by atoms with Crippen LogP contribution in [0.2, 0.25) is 0 Å². The zero-order chi connectivity index (χ0) is 12.3. The number of aromatic nitrogens is 1. The lowest BCUT2D eigenvalue weighted by Gasteiger charge is -2.10. The SMILES string of the molecule is Nc1nc(NCC2CCOC2)ccc1[N+](=O)[O-]. The van der Waals surface area contributed by atoms with Crippen molar-refractivity contribution in [1.82, 2.24) is 4.98 Å². The third-order valence-electron chi connectivity index (χ3n) is 2.69.